The van der Waals surface area contributed by atoms with Gasteiger partial charge in [-0.25, -0.2) is 0 Å². The number of amides is 1. The summed E-state index contributed by atoms with van der Waals surface area (Å²) in [5, 5.41) is 58.9. The third kappa shape index (κ3) is 13.3. The van der Waals surface area contributed by atoms with E-state index < -0.39 is 47.5 Å². The first-order chi connectivity index (χ1) is 36.2. The summed E-state index contributed by atoms with van der Waals surface area (Å²) < 4.78 is 6.34. The molecule has 2 aliphatic carbocycles. The number of aliphatic hydroxyl groups excluding tert-OH is 3. The average Bonchev–Trinajstić information content (AvgIpc) is 3.75. The van der Waals surface area contributed by atoms with Gasteiger partial charge in [-0.15, -0.1) is 0 Å². The van der Waals surface area contributed by atoms with E-state index in [0.717, 1.165) is 60.1 Å². The van der Waals surface area contributed by atoms with Crippen molar-refractivity contribution in [1.29, 1.82) is 0 Å². The number of benzene rings is 3. The fourth-order valence-electron chi connectivity index (χ4n) is 13.1. The minimum Gasteiger partial charge on any atom is -0.393 e. The maximum absolute atomic E-state index is 14.9. The lowest BCUT2D eigenvalue weighted by atomic mass is 9.52. The molecule has 75 heavy (non-hydrogen) atoms. The van der Waals surface area contributed by atoms with E-state index in [2.05, 4.69) is 83.8 Å². The first-order valence-electron chi connectivity index (χ1n) is 27.7. The van der Waals surface area contributed by atoms with Crippen molar-refractivity contribution in [3.8, 4) is 11.8 Å². The molecule has 11 nitrogen and oxygen atoms in total. The van der Waals surface area contributed by atoms with Crippen molar-refractivity contribution < 1.29 is 34.8 Å². The van der Waals surface area contributed by atoms with E-state index in [1.54, 1.807) is 0 Å². The lowest BCUT2D eigenvalue weighted by Crippen LogP contribution is -2.59. The molecule has 1 amide bonds. The second-order valence-corrected chi connectivity index (χ2v) is 22.1. The van der Waals surface area contributed by atoms with Crippen LogP contribution in [0.5, 0.6) is 0 Å². The summed E-state index contributed by atoms with van der Waals surface area (Å²) in [4.78, 5) is 28.6. The van der Waals surface area contributed by atoms with Crippen molar-refractivity contribution in [3.63, 3.8) is 0 Å². The molecule has 0 saturated heterocycles. The molecule has 400 valence electrons. The number of nitrogens with one attached hydrogen (secondary N) is 3. The largest absolute Gasteiger partial charge is 0.393 e. The van der Waals surface area contributed by atoms with Crippen LogP contribution in [0.25, 0.3) is 0 Å². The molecule has 3 aromatic rings. The number of carbonyl (C=O) groups is 2. The van der Waals surface area contributed by atoms with Gasteiger partial charge >= 0.3 is 0 Å². The summed E-state index contributed by atoms with van der Waals surface area (Å²) in [7, 11) is 0. The molecule has 1 spiro atoms. The SMILES string of the molecule is C=C1/C=C/C=C(\[C@H]2CC[C@@]3([C@@H]4CC[C@H](O)Cc5cccc(c5)CC[C@H](O)CN[C@@H]5C(=O)N[C@@H](N)c6cccc(c65)CC(=O)/C(C)=C/4CC[C@@]3(C)O)[C@@H]2O)COCC#CC/C(CCCc2ccccc2)=C/C[C@@H]1NCC. The summed E-state index contributed by atoms with van der Waals surface area (Å²) in [6.45, 7) is 11.7. The molecule has 2 saturated carbocycles. The van der Waals surface area contributed by atoms with Gasteiger partial charge in [0, 0.05) is 36.8 Å². The van der Waals surface area contributed by atoms with Gasteiger partial charge in [-0.1, -0.05) is 134 Å². The molecule has 2 bridgehead atoms. The Morgan fingerprint density at radius 3 is 2.53 bits per heavy atom. The predicted molar refractivity (Wildman–Crippen MR) is 297 cm³/mol. The number of aliphatic hydroxyl groups is 4. The number of nitrogens with two attached hydrogens (primary N) is 1. The highest BCUT2D eigenvalue weighted by Gasteiger charge is 2.64. The van der Waals surface area contributed by atoms with Crippen LogP contribution in [0.2, 0.25) is 0 Å². The number of fused-ring (bicyclic) bond motifs is 4. The highest BCUT2D eigenvalue weighted by molar-refractivity contribution is 5.98. The number of aryl methyl sites for hydroxylation is 2. The van der Waals surface area contributed by atoms with Crippen molar-refractivity contribution in [3.05, 3.63) is 165 Å². The van der Waals surface area contributed by atoms with Crippen molar-refractivity contribution in [2.45, 2.75) is 159 Å². The fourth-order valence-corrected chi connectivity index (χ4v) is 13.1. The van der Waals surface area contributed by atoms with Gasteiger partial charge < -0.3 is 41.5 Å². The molecule has 0 unspecified atom stereocenters. The third-order valence-electron chi connectivity index (χ3n) is 17.3. The molecule has 3 heterocycles. The minimum absolute atomic E-state index is 0.00279. The monoisotopic (exact) mass is 1020 g/mol. The third-order valence-corrected chi connectivity index (χ3v) is 17.3. The molecule has 10 atom stereocenters. The van der Waals surface area contributed by atoms with Crippen molar-refractivity contribution in [2.24, 2.45) is 23.0 Å². The molecule has 0 radical (unpaired) electrons. The smallest absolute Gasteiger partial charge is 0.243 e. The Kier molecular flexibility index (Phi) is 19.2. The molecule has 3 aliphatic heterocycles. The molecule has 2 fully saturated rings. The van der Waals surface area contributed by atoms with Gasteiger partial charge in [0.05, 0.1) is 30.5 Å². The second kappa shape index (κ2) is 25.7. The first kappa shape index (κ1) is 56.0. The Balaban J connectivity index is 1.11. The molecular formula is C64H82N4O7. The number of hydrogen-bond donors (Lipinski definition) is 8. The van der Waals surface area contributed by atoms with E-state index in [4.69, 9.17) is 10.5 Å². The highest BCUT2D eigenvalue weighted by atomic mass is 16.5. The molecule has 8 rings (SSSR count). The summed E-state index contributed by atoms with van der Waals surface area (Å²) in [5.74, 6) is 5.40. The number of Topliss-reactive ketones (excluding diaryl/α,β-unsaturated/α-hetero) is 1. The van der Waals surface area contributed by atoms with Crippen LogP contribution in [0.4, 0.5) is 0 Å². The Labute approximate surface area is 445 Å². The van der Waals surface area contributed by atoms with E-state index >= 15 is 0 Å². The Bertz CT molecular complexity index is 2690. The van der Waals surface area contributed by atoms with E-state index in [0.29, 0.717) is 86.5 Å². The van der Waals surface area contributed by atoms with Crippen LogP contribution < -0.4 is 21.7 Å². The Morgan fingerprint density at radius 1 is 0.920 bits per heavy atom. The number of ketones is 1. The quantitative estimate of drug-likeness (QED) is 0.0847. The van der Waals surface area contributed by atoms with Crippen molar-refractivity contribution in [2.75, 3.05) is 26.3 Å². The van der Waals surface area contributed by atoms with Crippen LogP contribution in [-0.4, -0.2) is 88.4 Å². The van der Waals surface area contributed by atoms with Crippen LogP contribution in [0, 0.1) is 29.1 Å². The van der Waals surface area contributed by atoms with Gasteiger partial charge in [-0.2, -0.15) is 0 Å². The Morgan fingerprint density at radius 2 is 1.72 bits per heavy atom. The van der Waals surface area contributed by atoms with Crippen LogP contribution in [0.1, 0.15) is 137 Å². The summed E-state index contributed by atoms with van der Waals surface area (Å²) in [5.41, 5.74) is 14.1. The zero-order valence-corrected chi connectivity index (χ0v) is 44.6. The first-order valence-corrected chi connectivity index (χ1v) is 27.7. The summed E-state index contributed by atoms with van der Waals surface area (Å²) >= 11 is 0. The minimum atomic E-state index is -1.32. The molecule has 9 N–H and O–H groups in total. The molecule has 5 aliphatic rings. The molecule has 0 aromatic heterocycles. The fraction of sp³-hybridized carbons (Fsp3) is 0.500. The van der Waals surface area contributed by atoms with Gasteiger partial charge in [0.2, 0.25) is 5.91 Å². The van der Waals surface area contributed by atoms with Crippen LogP contribution in [-0.2, 0) is 40.0 Å². The van der Waals surface area contributed by atoms with E-state index in [-0.39, 0.29) is 49.8 Å². The number of hydrogen-bond acceptors (Lipinski definition) is 10. The molecule has 3 aromatic carbocycles. The number of likely N-dealkylation sites (N-methyl/N-ethyl adjacent to an activating group) is 1. The second-order valence-electron chi connectivity index (χ2n) is 22.1. The predicted octanol–water partition coefficient (Wildman–Crippen LogP) is 8.22. The van der Waals surface area contributed by atoms with Crippen LogP contribution in [0.3, 0.4) is 0 Å². The molecular weight excluding hydrogens is 937 g/mol. The highest BCUT2D eigenvalue weighted by Crippen LogP contribution is 2.63. The number of β-amino-alcohol motifs (C(OH)–C–C–N with tert-alkyl or cyclic N) is 1. The summed E-state index contributed by atoms with van der Waals surface area (Å²) in [6.07, 6.45) is 13.7. The van der Waals surface area contributed by atoms with Crippen LogP contribution in [0.15, 0.2) is 132 Å². The molecule has 11 heteroatoms. The normalized spacial score (nSPS) is 33.4. The zero-order chi connectivity index (χ0) is 53.1. The van der Waals surface area contributed by atoms with Gasteiger partial charge in [0.1, 0.15) is 18.8 Å². The number of rotatable bonds is 7. The lowest BCUT2D eigenvalue weighted by molar-refractivity contribution is -0.168. The van der Waals surface area contributed by atoms with Gasteiger partial charge in [0.25, 0.3) is 0 Å². The van der Waals surface area contributed by atoms with Crippen molar-refractivity contribution in [1.82, 2.24) is 16.0 Å². The van der Waals surface area contributed by atoms with Gasteiger partial charge in [-0.3, -0.25) is 14.9 Å². The lowest BCUT2D eigenvalue weighted by Gasteiger charge is -2.56. The number of allylic oxidation sites excluding steroid dienone is 5. The van der Waals surface area contributed by atoms with E-state index in [1.165, 1.54) is 11.1 Å². The van der Waals surface area contributed by atoms with Crippen molar-refractivity contribution >= 4 is 11.7 Å². The van der Waals surface area contributed by atoms with E-state index in [1.807, 2.05) is 68.5 Å². The number of ether oxygens (including phenoxy) is 1. The topological polar surface area (TPSA) is 186 Å². The average molecular weight is 1020 g/mol. The summed E-state index contributed by atoms with van der Waals surface area (Å²) in [6, 6.07) is 23.5. The maximum atomic E-state index is 14.9. The number of carbonyl (C=O) groups excluding carboxylic acids is 2. The van der Waals surface area contributed by atoms with E-state index in [9.17, 15) is 30.0 Å². The standard InChI is InChI=1S/C64H82N4O7/c1-5-66-56-31-27-45(20-12-19-44-16-7-6-8-17-44)18-9-10-36-75-41-49(24-11-15-42(56)2)53-33-35-64(60(53)72)55-30-29-50(69)38-47-22-13-21-46(37-47)26-28-51(70)40-67-59-58-48(23-14-25-54(58)61(65)68-62(59)73)39-57(71)43(3)52(55)32-34-63(64,4)74/h6-8,11,13-17,21-25,27,37,50-51,53,55-56,59-61,66-67,69-70,72,74H,2,5,12,18-20,26,28-36,38-41,65H2,1,3-4H3,(H,68,73)/b15-11+,45-27-,49-24-,52-43+/t50-,51-,53+,55+,56-,59-,60+,61+,63+,64+/m0/s1. The Hall–Kier alpha value is -5.26. The van der Waals surface area contributed by atoms with Gasteiger partial charge in [0.15, 0.2) is 5.78 Å². The zero-order valence-electron chi connectivity index (χ0n) is 44.6. The van der Waals surface area contributed by atoms with Gasteiger partial charge in [-0.05, 0) is 160 Å². The van der Waals surface area contributed by atoms with Crippen LogP contribution >= 0.6 is 0 Å². The maximum Gasteiger partial charge on any atom is 0.243 e.